The summed E-state index contributed by atoms with van der Waals surface area (Å²) in [4.78, 5) is 0. The smallest absolute Gasteiger partial charge is 0.279 e. The Balaban J connectivity index is 1.45. The average Bonchev–Trinajstić information content (AvgIpc) is 2.67. The van der Waals surface area contributed by atoms with Crippen LogP contribution in [0, 0.1) is 0 Å². The SMILES string of the molecule is O=S(=O)(NCc1ccc(COC2CCOCC2)cc1)N1CCNCC1. The molecule has 7 nitrogen and oxygen atoms in total. The number of piperazine rings is 1. The highest BCUT2D eigenvalue weighted by atomic mass is 32.2. The Morgan fingerprint density at radius 2 is 1.76 bits per heavy atom. The molecular weight excluding hydrogens is 342 g/mol. The number of hydrogen-bond donors (Lipinski definition) is 2. The molecule has 3 rings (SSSR count). The Morgan fingerprint density at radius 3 is 2.44 bits per heavy atom. The van der Waals surface area contributed by atoms with Crippen LogP contribution in [-0.2, 0) is 32.8 Å². The van der Waals surface area contributed by atoms with Gasteiger partial charge >= 0.3 is 0 Å². The van der Waals surface area contributed by atoms with E-state index in [-0.39, 0.29) is 6.10 Å². The molecule has 2 fully saturated rings. The first-order chi connectivity index (χ1) is 12.1. The molecule has 140 valence electrons. The number of benzene rings is 1. The van der Waals surface area contributed by atoms with Gasteiger partial charge in [0.15, 0.2) is 0 Å². The van der Waals surface area contributed by atoms with Gasteiger partial charge in [-0.3, -0.25) is 0 Å². The number of nitrogens with zero attached hydrogens (tertiary/aromatic N) is 1. The fraction of sp³-hybridized carbons (Fsp3) is 0.647. The van der Waals surface area contributed by atoms with Crippen LogP contribution < -0.4 is 10.0 Å². The van der Waals surface area contributed by atoms with E-state index in [4.69, 9.17) is 9.47 Å². The number of rotatable bonds is 7. The van der Waals surface area contributed by atoms with E-state index >= 15 is 0 Å². The van der Waals surface area contributed by atoms with Crippen molar-refractivity contribution in [3.8, 4) is 0 Å². The largest absolute Gasteiger partial charge is 0.381 e. The summed E-state index contributed by atoms with van der Waals surface area (Å²) in [6, 6.07) is 7.88. The zero-order chi connectivity index (χ0) is 17.5. The summed E-state index contributed by atoms with van der Waals surface area (Å²) in [5.74, 6) is 0. The van der Waals surface area contributed by atoms with Gasteiger partial charge < -0.3 is 14.8 Å². The van der Waals surface area contributed by atoms with Crippen LogP contribution in [0.4, 0.5) is 0 Å². The van der Waals surface area contributed by atoms with Crippen molar-refractivity contribution in [1.82, 2.24) is 14.3 Å². The van der Waals surface area contributed by atoms with Crippen LogP contribution in [0.2, 0.25) is 0 Å². The maximum absolute atomic E-state index is 12.3. The molecule has 25 heavy (non-hydrogen) atoms. The standard InChI is InChI=1S/C17H27N3O4S/c21-25(22,20-9-7-18-8-10-20)19-13-15-1-3-16(4-2-15)14-24-17-5-11-23-12-6-17/h1-4,17-19H,5-14H2. The van der Waals surface area contributed by atoms with Crippen LogP contribution in [-0.4, -0.2) is 58.2 Å². The monoisotopic (exact) mass is 369 g/mol. The van der Waals surface area contributed by atoms with Gasteiger partial charge in [-0.25, -0.2) is 0 Å². The van der Waals surface area contributed by atoms with Crippen molar-refractivity contribution in [1.29, 1.82) is 0 Å². The van der Waals surface area contributed by atoms with E-state index in [9.17, 15) is 8.42 Å². The van der Waals surface area contributed by atoms with E-state index in [0.717, 1.165) is 37.2 Å². The Labute approximate surface area is 149 Å². The minimum absolute atomic E-state index is 0.277. The highest BCUT2D eigenvalue weighted by Crippen LogP contribution is 2.14. The van der Waals surface area contributed by atoms with Crippen molar-refractivity contribution in [2.24, 2.45) is 0 Å². The minimum Gasteiger partial charge on any atom is -0.381 e. The summed E-state index contributed by atoms with van der Waals surface area (Å²) >= 11 is 0. The molecule has 0 aliphatic carbocycles. The van der Waals surface area contributed by atoms with Crippen LogP contribution in [0.1, 0.15) is 24.0 Å². The molecule has 0 spiro atoms. The number of hydrogen-bond acceptors (Lipinski definition) is 5. The van der Waals surface area contributed by atoms with Crippen LogP contribution in [0.3, 0.4) is 0 Å². The summed E-state index contributed by atoms with van der Waals surface area (Å²) < 4.78 is 39.9. The zero-order valence-corrected chi connectivity index (χ0v) is 15.3. The second-order valence-electron chi connectivity index (χ2n) is 6.41. The Morgan fingerprint density at radius 1 is 1.12 bits per heavy atom. The summed E-state index contributed by atoms with van der Waals surface area (Å²) in [5, 5.41) is 3.15. The normalized spacial score (nSPS) is 20.6. The van der Waals surface area contributed by atoms with E-state index in [0.29, 0.717) is 39.3 Å². The van der Waals surface area contributed by atoms with E-state index in [1.54, 1.807) is 0 Å². The predicted molar refractivity (Wildman–Crippen MR) is 95.3 cm³/mol. The molecule has 0 amide bonds. The fourth-order valence-electron chi connectivity index (χ4n) is 2.96. The molecule has 2 aliphatic heterocycles. The summed E-state index contributed by atoms with van der Waals surface area (Å²) in [7, 11) is -3.41. The second kappa shape index (κ2) is 9.07. The molecule has 0 radical (unpaired) electrons. The van der Waals surface area contributed by atoms with Crippen LogP contribution in [0.15, 0.2) is 24.3 Å². The molecule has 2 aliphatic rings. The highest BCUT2D eigenvalue weighted by Gasteiger charge is 2.23. The molecule has 2 N–H and O–H groups in total. The lowest BCUT2D eigenvalue weighted by Gasteiger charge is -2.26. The summed E-state index contributed by atoms with van der Waals surface area (Å²) in [6.45, 7) is 4.85. The molecule has 2 heterocycles. The molecule has 8 heteroatoms. The summed E-state index contributed by atoms with van der Waals surface area (Å²) in [5.41, 5.74) is 2.04. The van der Waals surface area contributed by atoms with Crippen molar-refractivity contribution in [3.05, 3.63) is 35.4 Å². The van der Waals surface area contributed by atoms with Gasteiger partial charge in [0, 0.05) is 45.9 Å². The van der Waals surface area contributed by atoms with Gasteiger partial charge in [0.05, 0.1) is 12.7 Å². The third-order valence-electron chi connectivity index (χ3n) is 4.55. The first-order valence-electron chi connectivity index (χ1n) is 8.86. The van der Waals surface area contributed by atoms with Crippen molar-refractivity contribution < 1.29 is 17.9 Å². The first kappa shape index (κ1) is 18.8. The highest BCUT2D eigenvalue weighted by molar-refractivity contribution is 7.87. The molecular formula is C17H27N3O4S. The maximum atomic E-state index is 12.3. The number of nitrogens with one attached hydrogen (secondary N) is 2. The van der Waals surface area contributed by atoms with Gasteiger partial charge in [0.25, 0.3) is 10.2 Å². The van der Waals surface area contributed by atoms with Crippen LogP contribution in [0.25, 0.3) is 0 Å². The van der Waals surface area contributed by atoms with Crippen molar-refractivity contribution >= 4 is 10.2 Å². The molecule has 1 aromatic carbocycles. The third kappa shape index (κ3) is 5.73. The van der Waals surface area contributed by atoms with Gasteiger partial charge in [-0.05, 0) is 24.0 Å². The lowest BCUT2D eigenvalue weighted by molar-refractivity contribution is -0.0390. The van der Waals surface area contributed by atoms with E-state index in [1.165, 1.54) is 4.31 Å². The van der Waals surface area contributed by atoms with Gasteiger partial charge in [-0.15, -0.1) is 0 Å². The van der Waals surface area contributed by atoms with E-state index in [2.05, 4.69) is 10.0 Å². The molecule has 0 aromatic heterocycles. The topological polar surface area (TPSA) is 79.9 Å². The molecule has 0 saturated carbocycles. The average molecular weight is 369 g/mol. The molecule has 1 aromatic rings. The predicted octanol–water partition coefficient (Wildman–Crippen LogP) is 0.622. The lowest BCUT2D eigenvalue weighted by atomic mass is 10.1. The van der Waals surface area contributed by atoms with Crippen molar-refractivity contribution in [2.75, 3.05) is 39.4 Å². The Kier molecular flexibility index (Phi) is 6.80. The Hall–Kier alpha value is -1.03. The van der Waals surface area contributed by atoms with Crippen LogP contribution >= 0.6 is 0 Å². The van der Waals surface area contributed by atoms with Gasteiger partial charge in [-0.2, -0.15) is 17.4 Å². The summed E-state index contributed by atoms with van der Waals surface area (Å²) in [6.07, 6.45) is 2.18. The van der Waals surface area contributed by atoms with E-state index < -0.39 is 10.2 Å². The zero-order valence-electron chi connectivity index (χ0n) is 14.4. The lowest BCUT2D eigenvalue weighted by Crippen LogP contribution is -2.50. The van der Waals surface area contributed by atoms with Crippen molar-refractivity contribution in [2.45, 2.75) is 32.1 Å². The molecule has 0 atom stereocenters. The second-order valence-corrected chi connectivity index (χ2v) is 8.17. The van der Waals surface area contributed by atoms with Crippen molar-refractivity contribution in [3.63, 3.8) is 0 Å². The van der Waals surface area contributed by atoms with Gasteiger partial charge in [-0.1, -0.05) is 24.3 Å². The third-order valence-corrected chi connectivity index (χ3v) is 6.11. The molecule has 2 saturated heterocycles. The molecule has 0 unspecified atom stereocenters. The van der Waals surface area contributed by atoms with E-state index in [1.807, 2.05) is 24.3 Å². The maximum Gasteiger partial charge on any atom is 0.279 e. The fourth-order valence-corrected chi connectivity index (χ4v) is 4.16. The quantitative estimate of drug-likeness (QED) is 0.737. The minimum atomic E-state index is -3.41. The van der Waals surface area contributed by atoms with Crippen LogP contribution in [0.5, 0.6) is 0 Å². The van der Waals surface area contributed by atoms with Gasteiger partial charge in [0.2, 0.25) is 0 Å². The molecule has 0 bridgehead atoms. The Bertz CT molecular complexity index is 624. The van der Waals surface area contributed by atoms with Gasteiger partial charge in [0.1, 0.15) is 0 Å². The first-order valence-corrected chi connectivity index (χ1v) is 10.3. The number of ether oxygens (including phenoxy) is 2.